The molecular formula is C15H16N2O4S. The summed E-state index contributed by atoms with van der Waals surface area (Å²) in [4.78, 5) is 12.0. The van der Waals surface area contributed by atoms with Crippen LogP contribution in [-0.2, 0) is 14.6 Å². The van der Waals surface area contributed by atoms with Gasteiger partial charge in [-0.05, 0) is 30.2 Å². The molecule has 7 heteroatoms. The normalized spacial score (nSPS) is 20.2. The zero-order valence-corrected chi connectivity index (χ0v) is 12.9. The van der Waals surface area contributed by atoms with Crippen molar-refractivity contribution in [3.8, 4) is 11.8 Å². The lowest BCUT2D eigenvalue weighted by Crippen LogP contribution is -2.36. The number of rotatable bonds is 4. The SMILES string of the molecule is COc1ccc(C=C(C#N)C(=O)NC2CCS(=O)(=O)C2)cc1. The maximum Gasteiger partial charge on any atom is 0.262 e. The second-order valence-electron chi connectivity index (χ2n) is 5.02. The molecule has 1 aliphatic heterocycles. The summed E-state index contributed by atoms with van der Waals surface area (Å²) >= 11 is 0. The van der Waals surface area contributed by atoms with Gasteiger partial charge < -0.3 is 10.1 Å². The third kappa shape index (κ3) is 4.09. The number of nitriles is 1. The quantitative estimate of drug-likeness (QED) is 0.657. The van der Waals surface area contributed by atoms with Gasteiger partial charge in [0.15, 0.2) is 9.84 Å². The second-order valence-corrected chi connectivity index (χ2v) is 7.25. The molecule has 1 atom stereocenters. The molecule has 1 N–H and O–H groups in total. The predicted octanol–water partition coefficient (Wildman–Crippen LogP) is 0.905. The van der Waals surface area contributed by atoms with E-state index in [4.69, 9.17) is 10.00 Å². The van der Waals surface area contributed by atoms with Crippen LogP contribution in [0.2, 0.25) is 0 Å². The number of amides is 1. The van der Waals surface area contributed by atoms with Crippen molar-refractivity contribution in [2.75, 3.05) is 18.6 Å². The van der Waals surface area contributed by atoms with Gasteiger partial charge >= 0.3 is 0 Å². The van der Waals surface area contributed by atoms with Crippen molar-refractivity contribution in [2.45, 2.75) is 12.5 Å². The number of carbonyl (C=O) groups excluding carboxylic acids is 1. The topological polar surface area (TPSA) is 96.3 Å². The maximum absolute atomic E-state index is 12.0. The Morgan fingerprint density at radius 2 is 2.09 bits per heavy atom. The van der Waals surface area contributed by atoms with Gasteiger partial charge in [-0.1, -0.05) is 12.1 Å². The number of ether oxygens (including phenoxy) is 1. The molecule has 0 bridgehead atoms. The van der Waals surface area contributed by atoms with E-state index >= 15 is 0 Å². The highest BCUT2D eigenvalue weighted by atomic mass is 32.2. The Labute approximate surface area is 129 Å². The Kier molecular flexibility index (Phi) is 4.83. The third-order valence-electron chi connectivity index (χ3n) is 3.36. The fourth-order valence-electron chi connectivity index (χ4n) is 2.19. The molecule has 1 amide bonds. The first-order valence-corrected chi connectivity index (χ1v) is 8.53. The van der Waals surface area contributed by atoms with Gasteiger partial charge in [-0.3, -0.25) is 4.79 Å². The molecule has 2 rings (SSSR count). The van der Waals surface area contributed by atoms with E-state index in [2.05, 4.69) is 5.32 Å². The van der Waals surface area contributed by atoms with E-state index in [-0.39, 0.29) is 17.1 Å². The van der Waals surface area contributed by atoms with Crippen molar-refractivity contribution in [1.82, 2.24) is 5.32 Å². The maximum atomic E-state index is 12.0. The van der Waals surface area contributed by atoms with Crippen LogP contribution in [-0.4, -0.2) is 39.0 Å². The van der Waals surface area contributed by atoms with E-state index < -0.39 is 21.8 Å². The molecule has 1 aromatic carbocycles. The third-order valence-corrected chi connectivity index (χ3v) is 5.13. The predicted molar refractivity (Wildman–Crippen MR) is 81.8 cm³/mol. The van der Waals surface area contributed by atoms with E-state index in [1.165, 1.54) is 6.08 Å². The van der Waals surface area contributed by atoms with Crippen LogP contribution in [0.5, 0.6) is 5.75 Å². The Morgan fingerprint density at radius 1 is 1.41 bits per heavy atom. The smallest absolute Gasteiger partial charge is 0.262 e. The summed E-state index contributed by atoms with van der Waals surface area (Å²) in [5.41, 5.74) is 0.626. The molecule has 1 fully saturated rings. The summed E-state index contributed by atoms with van der Waals surface area (Å²) in [7, 11) is -1.52. The van der Waals surface area contributed by atoms with Crippen molar-refractivity contribution < 1.29 is 17.9 Å². The zero-order valence-electron chi connectivity index (χ0n) is 12.1. The monoisotopic (exact) mass is 320 g/mol. The molecule has 0 radical (unpaired) electrons. The van der Waals surface area contributed by atoms with Crippen molar-refractivity contribution >= 4 is 21.8 Å². The lowest BCUT2D eigenvalue weighted by Gasteiger charge is -2.09. The standard InChI is InChI=1S/C15H16N2O4S/c1-21-14-4-2-11(3-5-14)8-12(9-16)15(18)17-13-6-7-22(19,20)10-13/h2-5,8,13H,6-7,10H2,1H3,(H,17,18). The lowest BCUT2D eigenvalue weighted by molar-refractivity contribution is -0.117. The zero-order chi connectivity index (χ0) is 16.2. The van der Waals surface area contributed by atoms with E-state index in [1.807, 2.05) is 6.07 Å². The van der Waals surface area contributed by atoms with Crippen LogP contribution < -0.4 is 10.1 Å². The number of benzene rings is 1. The van der Waals surface area contributed by atoms with Gasteiger partial charge in [-0.2, -0.15) is 5.26 Å². The Hall–Kier alpha value is -2.33. The van der Waals surface area contributed by atoms with Crippen LogP contribution in [0.15, 0.2) is 29.8 Å². The van der Waals surface area contributed by atoms with Crippen LogP contribution in [0.3, 0.4) is 0 Å². The molecular weight excluding hydrogens is 304 g/mol. The number of hydrogen-bond donors (Lipinski definition) is 1. The molecule has 1 aromatic rings. The average Bonchev–Trinajstić information content (AvgIpc) is 2.84. The molecule has 0 spiro atoms. The fraction of sp³-hybridized carbons (Fsp3) is 0.333. The number of hydrogen-bond acceptors (Lipinski definition) is 5. The Morgan fingerprint density at radius 3 is 2.59 bits per heavy atom. The van der Waals surface area contributed by atoms with Crippen LogP contribution in [0, 0.1) is 11.3 Å². The first kappa shape index (κ1) is 16.0. The molecule has 1 aliphatic rings. The highest BCUT2D eigenvalue weighted by molar-refractivity contribution is 7.91. The minimum absolute atomic E-state index is 0.0607. The Bertz CT molecular complexity index is 730. The molecule has 22 heavy (non-hydrogen) atoms. The van der Waals surface area contributed by atoms with Gasteiger partial charge in [0.05, 0.1) is 18.6 Å². The van der Waals surface area contributed by atoms with Gasteiger partial charge in [0.2, 0.25) is 0 Å². The van der Waals surface area contributed by atoms with Crippen LogP contribution in [0.1, 0.15) is 12.0 Å². The van der Waals surface area contributed by atoms with E-state index in [9.17, 15) is 13.2 Å². The van der Waals surface area contributed by atoms with Crippen molar-refractivity contribution in [2.24, 2.45) is 0 Å². The molecule has 116 valence electrons. The van der Waals surface area contributed by atoms with Gasteiger partial charge in [-0.25, -0.2) is 8.42 Å². The van der Waals surface area contributed by atoms with E-state index in [0.717, 1.165) is 0 Å². The van der Waals surface area contributed by atoms with Gasteiger partial charge in [-0.15, -0.1) is 0 Å². The number of sulfone groups is 1. The van der Waals surface area contributed by atoms with Crippen molar-refractivity contribution in [3.05, 3.63) is 35.4 Å². The summed E-state index contributed by atoms with van der Waals surface area (Å²) in [5.74, 6) is 0.124. The van der Waals surface area contributed by atoms with Crippen molar-refractivity contribution in [3.63, 3.8) is 0 Å². The largest absolute Gasteiger partial charge is 0.497 e. The first-order chi connectivity index (χ1) is 10.4. The molecule has 6 nitrogen and oxygen atoms in total. The molecule has 1 unspecified atom stereocenters. The second kappa shape index (κ2) is 6.62. The summed E-state index contributed by atoms with van der Waals surface area (Å²) in [6, 6.07) is 8.32. The van der Waals surface area contributed by atoms with Gasteiger partial charge in [0, 0.05) is 6.04 Å². The van der Waals surface area contributed by atoms with Crippen LogP contribution in [0.25, 0.3) is 6.08 Å². The molecule has 0 saturated carbocycles. The van der Waals surface area contributed by atoms with Gasteiger partial charge in [0.25, 0.3) is 5.91 Å². The average molecular weight is 320 g/mol. The summed E-state index contributed by atoms with van der Waals surface area (Å²) in [6.45, 7) is 0. The van der Waals surface area contributed by atoms with E-state index in [1.54, 1.807) is 31.4 Å². The van der Waals surface area contributed by atoms with Gasteiger partial charge in [0.1, 0.15) is 17.4 Å². The minimum Gasteiger partial charge on any atom is -0.497 e. The van der Waals surface area contributed by atoms with E-state index in [0.29, 0.717) is 17.7 Å². The number of carbonyl (C=O) groups is 1. The number of nitrogens with one attached hydrogen (secondary N) is 1. The van der Waals surface area contributed by atoms with Crippen LogP contribution >= 0.6 is 0 Å². The molecule has 1 heterocycles. The highest BCUT2D eigenvalue weighted by Gasteiger charge is 2.29. The molecule has 0 aliphatic carbocycles. The number of nitrogens with zero attached hydrogens (tertiary/aromatic N) is 1. The lowest BCUT2D eigenvalue weighted by atomic mass is 10.1. The summed E-state index contributed by atoms with van der Waals surface area (Å²) in [6.07, 6.45) is 1.84. The molecule has 1 saturated heterocycles. The minimum atomic E-state index is -3.07. The van der Waals surface area contributed by atoms with Crippen molar-refractivity contribution in [1.29, 1.82) is 5.26 Å². The highest BCUT2D eigenvalue weighted by Crippen LogP contribution is 2.15. The number of methoxy groups -OCH3 is 1. The molecule has 0 aromatic heterocycles. The Balaban J connectivity index is 2.08. The first-order valence-electron chi connectivity index (χ1n) is 6.70. The summed E-state index contributed by atoms with van der Waals surface area (Å²) in [5, 5.41) is 11.7. The fourth-order valence-corrected chi connectivity index (χ4v) is 3.86. The van der Waals surface area contributed by atoms with Crippen LogP contribution in [0.4, 0.5) is 0 Å². The summed E-state index contributed by atoms with van der Waals surface area (Å²) < 4.78 is 27.8.